The highest BCUT2D eigenvalue weighted by Crippen LogP contribution is 2.31. The summed E-state index contributed by atoms with van der Waals surface area (Å²) in [7, 11) is 0. The van der Waals surface area contributed by atoms with Gasteiger partial charge in [-0.3, -0.25) is 4.79 Å². The molecule has 5 nitrogen and oxygen atoms in total. The number of halogens is 3. The molecular formula is C15H10Cl3N3O2. The van der Waals surface area contributed by atoms with Gasteiger partial charge in [-0.25, -0.2) is 0 Å². The first kappa shape index (κ1) is 16.1. The van der Waals surface area contributed by atoms with Gasteiger partial charge >= 0.3 is 0 Å². The Labute approximate surface area is 146 Å². The van der Waals surface area contributed by atoms with E-state index in [1.165, 1.54) is 0 Å². The minimum Gasteiger partial charge on any atom is -0.482 e. The number of fused-ring (bicyclic) bond motifs is 1. The van der Waals surface area contributed by atoms with Gasteiger partial charge in [0.2, 0.25) is 0 Å². The number of benzene rings is 2. The average Bonchev–Trinajstić information content (AvgIpc) is 2.91. The van der Waals surface area contributed by atoms with E-state index >= 15 is 0 Å². The van der Waals surface area contributed by atoms with Crippen molar-refractivity contribution in [1.29, 1.82) is 0 Å². The Hall–Kier alpha value is -1.82. The van der Waals surface area contributed by atoms with E-state index < -0.39 is 5.91 Å². The van der Waals surface area contributed by atoms with Crippen molar-refractivity contribution in [3.63, 3.8) is 0 Å². The maximum Gasteiger partial charge on any atom is 0.286 e. The molecule has 23 heavy (non-hydrogen) atoms. The van der Waals surface area contributed by atoms with Crippen LogP contribution in [0.15, 0.2) is 30.3 Å². The van der Waals surface area contributed by atoms with Gasteiger partial charge in [-0.1, -0.05) is 46.1 Å². The molecule has 3 aromatic rings. The molecular weight excluding hydrogens is 361 g/mol. The number of carbonyl (C=O) groups is 1. The molecule has 0 unspecified atom stereocenters. The summed E-state index contributed by atoms with van der Waals surface area (Å²) in [5.74, 6) is -0.00838. The molecule has 0 N–H and O–H groups in total. The van der Waals surface area contributed by atoms with Crippen molar-refractivity contribution >= 4 is 51.7 Å². The number of aryl methyl sites for hydroxylation is 1. The molecule has 0 amide bonds. The third-order valence-corrected chi connectivity index (χ3v) is 3.99. The standard InChI is InChI=1S/C15H10Cl3N3O2/c1-8-5-9(16)6-11(18)15(8)23-7-13(22)21-14-10(17)3-2-4-12(14)19-20-21/h2-6H,7H2,1H3. The van der Waals surface area contributed by atoms with Crippen LogP contribution in [0.3, 0.4) is 0 Å². The highest BCUT2D eigenvalue weighted by atomic mass is 35.5. The fourth-order valence-electron chi connectivity index (χ4n) is 2.17. The van der Waals surface area contributed by atoms with Crippen LogP contribution in [0.2, 0.25) is 15.1 Å². The molecule has 0 radical (unpaired) electrons. The van der Waals surface area contributed by atoms with Crippen LogP contribution in [0.1, 0.15) is 10.4 Å². The second-order valence-corrected chi connectivity index (χ2v) is 6.08. The summed E-state index contributed by atoms with van der Waals surface area (Å²) in [5.41, 5.74) is 1.71. The van der Waals surface area contributed by atoms with Crippen LogP contribution in [-0.2, 0) is 0 Å². The number of ether oxygens (including phenoxy) is 1. The van der Waals surface area contributed by atoms with Gasteiger partial charge in [0.05, 0.1) is 10.0 Å². The lowest BCUT2D eigenvalue weighted by Gasteiger charge is -2.11. The van der Waals surface area contributed by atoms with Crippen LogP contribution in [0.25, 0.3) is 11.0 Å². The fourth-order valence-corrected chi connectivity index (χ4v) is 3.07. The molecule has 0 aliphatic heterocycles. The molecule has 1 heterocycles. The lowest BCUT2D eigenvalue weighted by atomic mass is 10.2. The molecule has 118 valence electrons. The Morgan fingerprint density at radius 3 is 2.74 bits per heavy atom. The first-order valence-corrected chi connectivity index (χ1v) is 7.72. The highest BCUT2D eigenvalue weighted by Gasteiger charge is 2.16. The molecule has 0 saturated carbocycles. The maximum absolute atomic E-state index is 12.3. The summed E-state index contributed by atoms with van der Waals surface area (Å²) in [6.07, 6.45) is 0. The topological polar surface area (TPSA) is 57.0 Å². The number of carbonyl (C=O) groups excluding carboxylic acids is 1. The van der Waals surface area contributed by atoms with Crippen LogP contribution < -0.4 is 4.74 Å². The summed E-state index contributed by atoms with van der Waals surface area (Å²) >= 11 is 18.1. The Morgan fingerprint density at radius 2 is 2.00 bits per heavy atom. The number of hydrogen-bond donors (Lipinski definition) is 0. The van der Waals surface area contributed by atoms with Gasteiger partial charge < -0.3 is 4.74 Å². The second kappa shape index (κ2) is 6.35. The minimum atomic E-state index is -0.411. The zero-order valence-corrected chi connectivity index (χ0v) is 14.2. The van der Waals surface area contributed by atoms with E-state index in [1.54, 1.807) is 37.3 Å². The van der Waals surface area contributed by atoms with E-state index in [4.69, 9.17) is 39.5 Å². The maximum atomic E-state index is 12.3. The summed E-state index contributed by atoms with van der Waals surface area (Å²) < 4.78 is 6.65. The number of nitrogens with zero attached hydrogens (tertiary/aromatic N) is 3. The van der Waals surface area contributed by atoms with E-state index in [1.807, 2.05) is 0 Å². The lowest BCUT2D eigenvalue weighted by molar-refractivity contribution is 0.0824. The molecule has 0 fully saturated rings. The first-order chi connectivity index (χ1) is 11.0. The molecule has 0 aliphatic carbocycles. The van der Waals surface area contributed by atoms with E-state index in [2.05, 4.69) is 10.3 Å². The van der Waals surface area contributed by atoms with E-state index in [9.17, 15) is 4.79 Å². The van der Waals surface area contributed by atoms with Crippen LogP contribution >= 0.6 is 34.8 Å². The van der Waals surface area contributed by atoms with Crippen LogP contribution in [0.4, 0.5) is 0 Å². The van der Waals surface area contributed by atoms with Crippen molar-refractivity contribution in [1.82, 2.24) is 15.0 Å². The zero-order chi connectivity index (χ0) is 16.6. The van der Waals surface area contributed by atoms with Gasteiger partial charge in [0.25, 0.3) is 5.91 Å². The highest BCUT2D eigenvalue weighted by molar-refractivity contribution is 6.36. The van der Waals surface area contributed by atoms with Crippen LogP contribution in [0, 0.1) is 6.92 Å². The lowest BCUT2D eigenvalue weighted by Crippen LogP contribution is -2.21. The normalized spacial score (nSPS) is 11.0. The van der Waals surface area contributed by atoms with Gasteiger partial charge in [0.1, 0.15) is 16.8 Å². The van der Waals surface area contributed by atoms with Crippen molar-refractivity contribution in [2.24, 2.45) is 0 Å². The van der Waals surface area contributed by atoms with Crippen molar-refractivity contribution in [3.05, 3.63) is 51.0 Å². The predicted octanol–water partition coefficient (Wildman–Crippen LogP) is 4.42. The second-order valence-electron chi connectivity index (χ2n) is 4.82. The number of hydrogen-bond acceptors (Lipinski definition) is 4. The number of rotatable bonds is 3. The zero-order valence-electron chi connectivity index (χ0n) is 11.9. The average molecular weight is 371 g/mol. The Balaban J connectivity index is 1.85. The SMILES string of the molecule is Cc1cc(Cl)cc(Cl)c1OCC(=O)n1nnc2cccc(Cl)c21. The van der Waals surface area contributed by atoms with Gasteiger partial charge in [-0.2, -0.15) is 4.68 Å². The smallest absolute Gasteiger partial charge is 0.286 e. The van der Waals surface area contributed by atoms with Crippen molar-refractivity contribution in [2.75, 3.05) is 6.61 Å². The molecule has 0 saturated heterocycles. The largest absolute Gasteiger partial charge is 0.482 e. The monoisotopic (exact) mass is 369 g/mol. The third-order valence-electron chi connectivity index (χ3n) is 3.19. The van der Waals surface area contributed by atoms with Crippen LogP contribution in [-0.4, -0.2) is 27.5 Å². The van der Waals surface area contributed by atoms with E-state index in [0.717, 1.165) is 10.2 Å². The molecule has 0 bridgehead atoms. The molecule has 1 aromatic heterocycles. The van der Waals surface area contributed by atoms with Crippen molar-refractivity contribution in [3.8, 4) is 5.75 Å². The van der Waals surface area contributed by atoms with Gasteiger partial charge in [-0.15, -0.1) is 5.10 Å². The van der Waals surface area contributed by atoms with Gasteiger partial charge in [0, 0.05) is 5.02 Å². The Morgan fingerprint density at radius 1 is 1.22 bits per heavy atom. The summed E-state index contributed by atoms with van der Waals surface area (Å²) in [5, 5.41) is 8.96. The summed E-state index contributed by atoms with van der Waals surface area (Å²) in [6, 6.07) is 8.38. The quantitative estimate of drug-likeness (QED) is 0.685. The molecule has 8 heteroatoms. The molecule has 2 aromatic carbocycles. The molecule has 0 spiro atoms. The van der Waals surface area contributed by atoms with E-state index in [-0.39, 0.29) is 6.61 Å². The van der Waals surface area contributed by atoms with Crippen molar-refractivity contribution in [2.45, 2.75) is 6.92 Å². The predicted molar refractivity (Wildman–Crippen MR) is 89.9 cm³/mol. The molecule has 3 rings (SSSR count). The molecule has 0 atom stereocenters. The van der Waals surface area contributed by atoms with Crippen molar-refractivity contribution < 1.29 is 9.53 Å². The van der Waals surface area contributed by atoms with Crippen LogP contribution in [0.5, 0.6) is 5.75 Å². The minimum absolute atomic E-state index is 0.258. The number of aromatic nitrogens is 3. The van der Waals surface area contributed by atoms with Gasteiger partial charge in [-0.05, 0) is 36.8 Å². The number of para-hydroxylation sites is 1. The fraction of sp³-hybridized carbons (Fsp3) is 0.133. The first-order valence-electron chi connectivity index (χ1n) is 6.59. The Kier molecular flexibility index (Phi) is 4.43. The molecule has 0 aliphatic rings. The third kappa shape index (κ3) is 3.13. The summed E-state index contributed by atoms with van der Waals surface area (Å²) in [4.78, 5) is 12.3. The van der Waals surface area contributed by atoms with E-state index in [0.29, 0.717) is 31.9 Å². The Bertz CT molecular complexity index is 885. The van der Waals surface area contributed by atoms with Gasteiger partial charge in [0.15, 0.2) is 6.61 Å². The summed E-state index contributed by atoms with van der Waals surface area (Å²) in [6.45, 7) is 1.53.